The fourth-order valence-corrected chi connectivity index (χ4v) is 8.11. The molecule has 1 N–H and O–H groups in total. The summed E-state index contributed by atoms with van der Waals surface area (Å²) < 4.78 is 55.7. The minimum absolute atomic E-state index is 0.169. The van der Waals surface area contributed by atoms with Crippen LogP contribution in [0.4, 0.5) is 0 Å². The summed E-state index contributed by atoms with van der Waals surface area (Å²) in [6, 6.07) is 13.4. The van der Waals surface area contributed by atoms with Gasteiger partial charge in [-0.3, -0.25) is 0 Å². The summed E-state index contributed by atoms with van der Waals surface area (Å²) in [6.45, 7) is 2.37. The predicted octanol–water partition coefficient (Wildman–Crippen LogP) is 1.99. The van der Waals surface area contributed by atoms with Crippen molar-refractivity contribution in [1.29, 1.82) is 0 Å². The molecule has 1 aliphatic heterocycles. The van der Waals surface area contributed by atoms with Gasteiger partial charge in [0.2, 0.25) is 0 Å². The van der Waals surface area contributed by atoms with Crippen molar-refractivity contribution in [3.63, 3.8) is 0 Å². The zero-order valence-electron chi connectivity index (χ0n) is 16.0. The fraction of sp³-hybridized carbons (Fsp3) is 0.400. The van der Waals surface area contributed by atoms with Gasteiger partial charge in [-0.25, -0.2) is 16.8 Å². The third kappa shape index (κ3) is 4.56. The average molecular weight is 424 g/mol. The monoisotopic (exact) mass is 423 g/mol. The smallest absolute Gasteiger partial charge is 0.183 e. The van der Waals surface area contributed by atoms with Gasteiger partial charge < -0.3 is 10.1 Å². The van der Waals surface area contributed by atoms with Crippen LogP contribution in [0, 0.1) is 0 Å². The van der Waals surface area contributed by atoms with E-state index in [1.54, 1.807) is 31.4 Å². The van der Waals surface area contributed by atoms with E-state index in [-0.39, 0.29) is 16.4 Å². The molecule has 8 heteroatoms. The molecule has 0 bridgehead atoms. The maximum absolute atomic E-state index is 13.1. The molecule has 1 fully saturated rings. The van der Waals surface area contributed by atoms with E-state index >= 15 is 0 Å². The van der Waals surface area contributed by atoms with Crippen LogP contribution in [0.2, 0.25) is 0 Å². The normalized spacial score (nSPS) is 21.5. The van der Waals surface area contributed by atoms with Crippen molar-refractivity contribution in [2.24, 2.45) is 0 Å². The Morgan fingerprint density at radius 3 is 2.18 bits per heavy atom. The first-order valence-corrected chi connectivity index (χ1v) is 12.5. The average Bonchev–Trinajstić information content (AvgIpc) is 3.02. The van der Waals surface area contributed by atoms with Gasteiger partial charge in [-0.15, -0.1) is 0 Å². The molecule has 0 saturated carbocycles. The first kappa shape index (κ1) is 20.8. The Labute approximate surface area is 166 Å². The number of ether oxygens (including phenoxy) is 1. The molecule has 1 saturated heterocycles. The first-order chi connectivity index (χ1) is 13.2. The molecule has 6 nitrogen and oxygen atoms in total. The van der Waals surface area contributed by atoms with Crippen molar-refractivity contribution in [3.05, 3.63) is 59.7 Å². The van der Waals surface area contributed by atoms with Gasteiger partial charge in [-0.2, -0.15) is 0 Å². The van der Waals surface area contributed by atoms with E-state index in [4.69, 9.17) is 4.74 Å². The van der Waals surface area contributed by atoms with Gasteiger partial charge in [0.25, 0.3) is 0 Å². The molecular formula is C20H25NO5S2. The number of hydrogen-bond donors (Lipinski definition) is 1. The molecule has 2 aromatic rings. The molecule has 1 heterocycles. The Morgan fingerprint density at radius 2 is 1.61 bits per heavy atom. The van der Waals surface area contributed by atoms with Gasteiger partial charge in [0.1, 0.15) is 5.75 Å². The van der Waals surface area contributed by atoms with Crippen LogP contribution in [0.15, 0.2) is 53.4 Å². The number of methoxy groups -OCH3 is 1. The Balaban J connectivity index is 1.80. The maximum atomic E-state index is 13.1. The summed E-state index contributed by atoms with van der Waals surface area (Å²) >= 11 is 0. The lowest BCUT2D eigenvalue weighted by Crippen LogP contribution is -2.43. The van der Waals surface area contributed by atoms with Crippen LogP contribution in [0.3, 0.4) is 0 Å². The highest BCUT2D eigenvalue weighted by molar-refractivity contribution is 7.96. The van der Waals surface area contributed by atoms with Crippen molar-refractivity contribution < 1.29 is 21.6 Å². The molecule has 0 unspecified atom stereocenters. The van der Waals surface area contributed by atoms with E-state index in [1.165, 1.54) is 0 Å². The molecule has 2 atom stereocenters. The molecule has 28 heavy (non-hydrogen) atoms. The zero-order chi connectivity index (χ0) is 20.4. The highest BCUT2D eigenvalue weighted by atomic mass is 32.2. The summed E-state index contributed by atoms with van der Waals surface area (Å²) in [4.78, 5) is 0.169. The van der Waals surface area contributed by atoms with Crippen LogP contribution in [-0.4, -0.2) is 46.7 Å². The summed E-state index contributed by atoms with van der Waals surface area (Å²) in [5.74, 6) is 0.189. The number of benzene rings is 2. The van der Waals surface area contributed by atoms with E-state index in [2.05, 4.69) is 5.32 Å². The van der Waals surface area contributed by atoms with Crippen molar-refractivity contribution in [3.8, 4) is 5.75 Å². The molecule has 0 aliphatic carbocycles. The lowest BCUT2D eigenvalue weighted by atomic mass is 10.2. The molecule has 2 aromatic carbocycles. The van der Waals surface area contributed by atoms with Crippen molar-refractivity contribution in [1.82, 2.24) is 5.32 Å². The summed E-state index contributed by atoms with van der Waals surface area (Å²) in [5.41, 5.74) is 1.96. The Kier molecular flexibility index (Phi) is 6.12. The summed E-state index contributed by atoms with van der Waals surface area (Å²) in [5, 5.41) is 2.14. The predicted molar refractivity (Wildman–Crippen MR) is 109 cm³/mol. The number of aryl methyl sites for hydroxylation is 1. The quantitative estimate of drug-likeness (QED) is 0.733. The molecule has 152 valence electrons. The summed E-state index contributed by atoms with van der Waals surface area (Å²) in [6.07, 6.45) is 0.810. The second kappa shape index (κ2) is 8.23. The largest absolute Gasteiger partial charge is 0.497 e. The minimum Gasteiger partial charge on any atom is -0.497 e. The molecule has 0 spiro atoms. The first-order valence-electron chi connectivity index (χ1n) is 9.15. The molecule has 1 aliphatic rings. The molecule has 3 rings (SSSR count). The van der Waals surface area contributed by atoms with E-state index in [1.807, 2.05) is 31.2 Å². The third-order valence-corrected chi connectivity index (χ3v) is 9.25. The number of rotatable bonds is 7. The van der Waals surface area contributed by atoms with Gasteiger partial charge in [0.15, 0.2) is 19.7 Å². The SMILES string of the molecule is CCc1ccc(S(=O)(=O)[C@H]2CS(=O)(=O)C[C@@H]2NCc2ccc(OC)cc2)cc1. The van der Waals surface area contributed by atoms with Crippen LogP contribution in [-0.2, 0) is 32.6 Å². The second-order valence-corrected chi connectivity index (χ2v) is 11.3. The Bertz CT molecular complexity index is 1010. The molecule has 0 radical (unpaired) electrons. The molecule has 0 amide bonds. The highest BCUT2D eigenvalue weighted by Gasteiger charge is 2.45. The number of nitrogens with one attached hydrogen (secondary N) is 1. The van der Waals surface area contributed by atoms with Gasteiger partial charge >= 0.3 is 0 Å². The third-order valence-electron chi connectivity index (χ3n) is 5.09. The van der Waals surface area contributed by atoms with Gasteiger partial charge in [0, 0.05) is 12.6 Å². The summed E-state index contributed by atoms with van der Waals surface area (Å²) in [7, 11) is -5.60. The van der Waals surface area contributed by atoms with Crippen LogP contribution < -0.4 is 10.1 Å². The van der Waals surface area contributed by atoms with Crippen LogP contribution in [0.1, 0.15) is 18.1 Å². The zero-order valence-corrected chi connectivity index (χ0v) is 17.6. The minimum atomic E-state index is -3.76. The standard InChI is InChI=1S/C20H25NO5S2/c1-3-15-6-10-18(11-7-15)28(24,25)20-14-27(22,23)13-19(20)21-12-16-4-8-17(26-2)9-5-16/h4-11,19-21H,3,12-14H2,1-2H3/t19-,20-/m0/s1. The Hall–Kier alpha value is -1.90. The van der Waals surface area contributed by atoms with Crippen molar-refractivity contribution >= 4 is 19.7 Å². The van der Waals surface area contributed by atoms with Crippen LogP contribution in [0.5, 0.6) is 5.75 Å². The van der Waals surface area contributed by atoms with E-state index < -0.39 is 31.0 Å². The van der Waals surface area contributed by atoms with Gasteiger partial charge in [-0.05, 0) is 41.8 Å². The van der Waals surface area contributed by atoms with Crippen LogP contribution >= 0.6 is 0 Å². The lowest BCUT2D eigenvalue weighted by Gasteiger charge is -2.20. The van der Waals surface area contributed by atoms with Gasteiger partial charge in [0.05, 0.1) is 28.8 Å². The number of hydrogen-bond acceptors (Lipinski definition) is 6. The Morgan fingerprint density at radius 1 is 1.00 bits per heavy atom. The van der Waals surface area contributed by atoms with Crippen LogP contribution in [0.25, 0.3) is 0 Å². The maximum Gasteiger partial charge on any atom is 0.183 e. The number of sulfone groups is 2. The van der Waals surface area contributed by atoms with Gasteiger partial charge in [-0.1, -0.05) is 31.2 Å². The van der Waals surface area contributed by atoms with E-state index in [0.29, 0.717) is 6.54 Å². The second-order valence-electron chi connectivity index (χ2n) is 6.99. The lowest BCUT2D eigenvalue weighted by molar-refractivity contribution is 0.414. The topological polar surface area (TPSA) is 89.5 Å². The van der Waals surface area contributed by atoms with Crippen molar-refractivity contribution in [2.45, 2.75) is 36.1 Å². The van der Waals surface area contributed by atoms with Crippen molar-refractivity contribution in [2.75, 3.05) is 18.6 Å². The molecule has 0 aromatic heterocycles. The highest BCUT2D eigenvalue weighted by Crippen LogP contribution is 2.26. The molecular weight excluding hydrogens is 398 g/mol. The fourth-order valence-electron chi connectivity index (χ4n) is 3.39. The van der Waals surface area contributed by atoms with E-state index in [9.17, 15) is 16.8 Å². The van der Waals surface area contributed by atoms with E-state index in [0.717, 1.165) is 23.3 Å².